The van der Waals surface area contributed by atoms with Crippen LogP contribution >= 0.6 is 0 Å². The molecule has 0 spiro atoms. The molecule has 2 heterocycles. The zero-order valence-electron chi connectivity index (χ0n) is 14.2. The predicted molar refractivity (Wildman–Crippen MR) is 99.2 cm³/mol. The SMILES string of the molecule is O=C(CC(c1ccccc1)c1ccccc1)N1CCn2cccc2C1. The summed E-state index contributed by atoms with van der Waals surface area (Å²) < 4.78 is 2.23. The largest absolute Gasteiger partial charge is 0.348 e. The second kappa shape index (κ2) is 6.98. The molecule has 0 unspecified atom stereocenters. The molecule has 4 rings (SSSR count). The van der Waals surface area contributed by atoms with Crippen molar-refractivity contribution in [3.8, 4) is 0 Å². The van der Waals surface area contributed by atoms with Crippen LogP contribution in [-0.2, 0) is 17.9 Å². The van der Waals surface area contributed by atoms with Gasteiger partial charge in [-0.3, -0.25) is 4.79 Å². The van der Waals surface area contributed by atoms with Crippen LogP contribution in [-0.4, -0.2) is 21.9 Å². The molecule has 1 aliphatic heterocycles. The zero-order chi connectivity index (χ0) is 17.1. The van der Waals surface area contributed by atoms with Crippen molar-refractivity contribution < 1.29 is 4.79 Å². The molecule has 0 saturated heterocycles. The van der Waals surface area contributed by atoms with Gasteiger partial charge in [0.15, 0.2) is 0 Å². The summed E-state index contributed by atoms with van der Waals surface area (Å²) in [6.07, 6.45) is 2.60. The Morgan fingerprint density at radius 1 is 0.840 bits per heavy atom. The van der Waals surface area contributed by atoms with E-state index >= 15 is 0 Å². The maximum atomic E-state index is 13.0. The summed E-state index contributed by atoms with van der Waals surface area (Å²) >= 11 is 0. The Bertz CT molecular complexity index is 799. The van der Waals surface area contributed by atoms with Crippen LogP contribution in [0.1, 0.15) is 29.2 Å². The average Bonchev–Trinajstić information content (AvgIpc) is 3.15. The van der Waals surface area contributed by atoms with E-state index in [2.05, 4.69) is 47.2 Å². The lowest BCUT2D eigenvalue weighted by Gasteiger charge is -2.30. The van der Waals surface area contributed by atoms with Crippen LogP contribution in [0.4, 0.5) is 0 Å². The molecule has 2 aromatic carbocycles. The van der Waals surface area contributed by atoms with Gasteiger partial charge in [-0.1, -0.05) is 60.7 Å². The number of carbonyl (C=O) groups is 1. The zero-order valence-corrected chi connectivity index (χ0v) is 14.2. The van der Waals surface area contributed by atoms with Gasteiger partial charge in [-0.2, -0.15) is 0 Å². The van der Waals surface area contributed by atoms with Crippen molar-refractivity contribution in [3.63, 3.8) is 0 Å². The van der Waals surface area contributed by atoms with Crippen LogP contribution in [0, 0.1) is 0 Å². The van der Waals surface area contributed by atoms with Crippen molar-refractivity contribution in [3.05, 3.63) is 95.8 Å². The summed E-state index contributed by atoms with van der Waals surface area (Å²) in [6, 6.07) is 24.8. The van der Waals surface area contributed by atoms with Crippen LogP contribution in [0.3, 0.4) is 0 Å². The number of rotatable bonds is 4. The molecule has 0 bridgehead atoms. The van der Waals surface area contributed by atoms with Crippen LogP contribution in [0.25, 0.3) is 0 Å². The Labute approximate surface area is 148 Å². The molecule has 3 aromatic rings. The van der Waals surface area contributed by atoms with Crippen molar-refractivity contribution in [2.45, 2.75) is 25.4 Å². The second-order valence-electron chi connectivity index (χ2n) is 6.59. The summed E-state index contributed by atoms with van der Waals surface area (Å²) in [5.74, 6) is 0.328. The highest BCUT2D eigenvalue weighted by molar-refractivity contribution is 5.78. The Balaban J connectivity index is 1.56. The topological polar surface area (TPSA) is 25.2 Å². The highest BCUT2D eigenvalue weighted by Gasteiger charge is 2.24. The van der Waals surface area contributed by atoms with Gasteiger partial charge in [0.05, 0.1) is 6.54 Å². The van der Waals surface area contributed by atoms with Gasteiger partial charge in [0.1, 0.15) is 0 Å². The quantitative estimate of drug-likeness (QED) is 0.708. The highest BCUT2D eigenvalue weighted by Crippen LogP contribution is 2.29. The normalized spacial score (nSPS) is 13.7. The number of amides is 1. The fourth-order valence-corrected chi connectivity index (χ4v) is 3.63. The van der Waals surface area contributed by atoms with E-state index in [1.54, 1.807) is 0 Å². The van der Waals surface area contributed by atoms with Crippen molar-refractivity contribution >= 4 is 5.91 Å². The standard InChI is InChI=1S/C22H22N2O/c25-22(24-15-14-23-13-7-12-20(23)17-24)16-21(18-8-3-1-4-9-18)19-10-5-2-6-11-19/h1-13,21H,14-17H2. The molecule has 3 nitrogen and oxygen atoms in total. The average molecular weight is 330 g/mol. The van der Waals surface area contributed by atoms with Gasteiger partial charge in [0, 0.05) is 37.3 Å². The Morgan fingerprint density at radius 3 is 2.12 bits per heavy atom. The first-order valence-electron chi connectivity index (χ1n) is 8.83. The molecule has 0 saturated carbocycles. The number of hydrogen-bond acceptors (Lipinski definition) is 1. The van der Waals surface area contributed by atoms with Gasteiger partial charge in [-0.25, -0.2) is 0 Å². The first-order valence-corrected chi connectivity index (χ1v) is 8.83. The maximum Gasteiger partial charge on any atom is 0.223 e. The molecule has 0 aliphatic carbocycles. The van der Waals surface area contributed by atoms with Gasteiger partial charge in [0.25, 0.3) is 0 Å². The van der Waals surface area contributed by atoms with E-state index in [1.807, 2.05) is 41.3 Å². The number of aromatic nitrogens is 1. The number of nitrogens with zero attached hydrogens (tertiary/aromatic N) is 2. The van der Waals surface area contributed by atoms with Crippen molar-refractivity contribution in [1.82, 2.24) is 9.47 Å². The summed E-state index contributed by atoms with van der Waals surface area (Å²) in [6.45, 7) is 2.38. The molecular weight excluding hydrogens is 308 g/mol. The van der Waals surface area contributed by atoms with Crippen molar-refractivity contribution in [2.24, 2.45) is 0 Å². The first kappa shape index (κ1) is 15.7. The molecule has 1 amide bonds. The summed E-state index contributed by atoms with van der Waals surface area (Å²) in [7, 11) is 0. The minimum Gasteiger partial charge on any atom is -0.348 e. The number of hydrogen-bond donors (Lipinski definition) is 0. The smallest absolute Gasteiger partial charge is 0.223 e. The Hall–Kier alpha value is -2.81. The van der Waals surface area contributed by atoms with Gasteiger partial charge in [0.2, 0.25) is 5.91 Å². The Morgan fingerprint density at radius 2 is 1.48 bits per heavy atom. The van der Waals surface area contributed by atoms with E-state index < -0.39 is 0 Å². The first-order chi connectivity index (χ1) is 12.3. The molecule has 126 valence electrons. The third kappa shape index (κ3) is 3.36. The highest BCUT2D eigenvalue weighted by atomic mass is 16.2. The lowest BCUT2D eigenvalue weighted by Crippen LogP contribution is -2.38. The molecule has 3 heteroatoms. The molecule has 0 atom stereocenters. The number of carbonyl (C=O) groups excluding carboxylic acids is 1. The van der Waals surface area contributed by atoms with E-state index in [0.29, 0.717) is 13.0 Å². The molecular formula is C22H22N2O. The van der Waals surface area contributed by atoms with E-state index in [1.165, 1.54) is 16.8 Å². The number of fused-ring (bicyclic) bond motifs is 1. The molecule has 1 aliphatic rings. The fourth-order valence-electron chi connectivity index (χ4n) is 3.63. The molecule has 1 aromatic heterocycles. The number of benzene rings is 2. The molecule has 0 fully saturated rings. The summed E-state index contributed by atoms with van der Waals surface area (Å²) in [5, 5.41) is 0. The second-order valence-corrected chi connectivity index (χ2v) is 6.59. The van der Waals surface area contributed by atoms with Crippen LogP contribution in [0.2, 0.25) is 0 Å². The predicted octanol–water partition coefficient (Wildman–Crippen LogP) is 4.05. The van der Waals surface area contributed by atoms with Gasteiger partial charge < -0.3 is 9.47 Å². The minimum absolute atomic E-state index is 0.101. The van der Waals surface area contributed by atoms with Crippen LogP contribution < -0.4 is 0 Å². The third-order valence-electron chi connectivity index (χ3n) is 5.02. The molecule has 25 heavy (non-hydrogen) atoms. The van der Waals surface area contributed by atoms with E-state index in [0.717, 1.165) is 13.1 Å². The van der Waals surface area contributed by atoms with E-state index in [-0.39, 0.29) is 11.8 Å². The maximum absolute atomic E-state index is 13.0. The summed E-state index contributed by atoms with van der Waals surface area (Å²) in [4.78, 5) is 15.0. The van der Waals surface area contributed by atoms with Gasteiger partial charge in [-0.05, 0) is 23.3 Å². The van der Waals surface area contributed by atoms with Gasteiger partial charge in [-0.15, -0.1) is 0 Å². The monoisotopic (exact) mass is 330 g/mol. The molecule has 0 N–H and O–H groups in total. The van der Waals surface area contributed by atoms with Crippen LogP contribution in [0.15, 0.2) is 79.0 Å². The Kier molecular flexibility index (Phi) is 4.38. The van der Waals surface area contributed by atoms with Gasteiger partial charge >= 0.3 is 0 Å². The minimum atomic E-state index is 0.101. The lowest BCUT2D eigenvalue weighted by atomic mass is 9.88. The fraction of sp³-hybridized carbons (Fsp3) is 0.227. The summed E-state index contributed by atoms with van der Waals surface area (Å²) in [5.41, 5.74) is 3.61. The lowest BCUT2D eigenvalue weighted by molar-refractivity contribution is -0.132. The molecule has 0 radical (unpaired) electrons. The van der Waals surface area contributed by atoms with Crippen molar-refractivity contribution in [1.29, 1.82) is 0 Å². The van der Waals surface area contributed by atoms with Crippen molar-refractivity contribution in [2.75, 3.05) is 6.54 Å². The van der Waals surface area contributed by atoms with Crippen LogP contribution in [0.5, 0.6) is 0 Å². The third-order valence-corrected chi connectivity index (χ3v) is 5.02. The van der Waals surface area contributed by atoms with E-state index in [9.17, 15) is 4.79 Å². The van der Waals surface area contributed by atoms with E-state index in [4.69, 9.17) is 0 Å².